The molecule has 0 aliphatic carbocycles. The number of hydrogen-bond acceptors (Lipinski definition) is 3. The minimum atomic E-state index is -0.367. The predicted octanol–water partition coefficient (Wildman–Crippen LogP) is 3.40. The van der Waals surface area contributed by atoms with Crippen molar-refractivity contribution in [1.82, 2.24) is 15.1 Å². The third kappa shape index (κ3) is 3.82. The molecule has 1 aromatic heterocycles. The van der Waals surface area contributed by atoms with Gasteiger partial charge >= 0.3 is 6.03 Å². The Hall–Kier alpha value is -2.41. The molecule has 1 aromatic carbocycles. The van der Waals surface area contributed by atoms with E-state index in [-0.39, 0.29) is 24.0 Å². The maximum Gasteiger partial charge on any atom is 0.319 e. The van der Waals surface area contributed by atoms with Gasteiger partial charge in [0.05, 0.1) is 29.7 Å². The predicted molar refractivity (Wildman–Crippen MR) is 93.5 cm³/mol. The van der Waals surface area contributed by atoms with Crippen molar-refractivity contribution < 1.29 is 13.9 Å². The Balaban J connectivity index is 1.69. The number of rotatable bonds is 5. The van der Waals surface area contributed by atoms with Crippen LogP contribution in [-0.2, 0) is 4.74 Å². The van der Waals surface area contributed by atoms with Crippen LogP contribution in [0.1, 0.15) is 31.9 Å². The Bertz CT molecular complexity index is 740. The lowest BCUT2D eigenvalue weighted by Gasteiger charge is -2.22. The summed E-state index contributed by atoms with van der Waals surface area (Å²) in [6.45, 7) is 4.56. The number of aromatic nitrogens is 2. The Morgan fingerprint density at radius 1 is 1.48 bits per heavy atom. The van der Waals surface area contributed by atoms with Crippen molar-refractivity contribution >= 4 is 11.7 Å². The van der Waals surface area contributed by atoms with Gasteiger partial charge in [-0.15, -0.1) is 0 Å². The van der Waals surface area contributed by atoms with E-state index in [0.29, 0.717) is 17.1 Å². The molecular formula is C18H23FN4O2. The second-order valence-corrected chi connectivity index (χ2v) is 6.17. The van der Waals surface area contributed by atoms with Crippen LogP contribution in [0.2, 0.25) is 0 Å². The lowest BCUT2D eigenvalue weighted by Crippen LogP contribution is -2.44. The van der Waals surface area contributed by atoms with E-state index in [1.54, 1.807) is 25.1 Å². The van der Waals surface area contributed by atoms with E-state index < -0.39 is 0 Å². The van der Waals surface area contributed by atoms with E-state index in [1.807, 2.05) is 6.92 Å². The van der Waals surface area contributed by atoms with Crippen molar-refractivity contribution in [3.05, 3.63) is 42.0 Å². The summed E-state index contributed by atoms with van der Waals surface area (Å²) in [5.74, 6) is -0.367. The zero-order valence-corrected chi connectivity index (χ0v) is 14.5. The van der Waals surface area contributed by atoms with Crippen LogP contribution in [0.25, 0.3) is 5.69 Å². The fourth-order valence-corrected chi connectivity index (χ4v) is 3.10. The lowest BCUT2D eigenvalue weighted by atomic mass is 10.1. The first-order valence-corrected chi connectivity index (χ1v) is 8.58. The van der Waals surface area contributed by atoms with E-state index in [1.165, 1.54) is 16.9 Å². The molecule has 2 heterocycles. The number of carbonyl (C=O) groups excluding carboxylic acids is 1. The number of ether oxygens (including phenoxy) is 1. The topological polar surface area (TPSA) is 68.2 Å². The Kier molecular flexibility index (Phi) is 5.33. The van der Waals surface area contributed by atoms with Gasteiger partial charge in [-0.1, -0.05) is 19.1 Å². The van der Waals surface area contributed by atoms with Crippen molar-refractivity contribution in [3.8, 4) is 5.69 Å². The fourth-order valence-electron chi connectivity index (χ4n) is 3.10. The third-order valence-corrected chi connectivity index (χ3v) is 4.51. The van der Waals surface area contributed by atoms with Crippen molar-refractivity contribution in [2.24, 2.45) is 0 Å². The Morgan fingerprint density at radius 3 is 2.96 bits per heavy atom. The number of hydrogen-bond donors (Lipinski definition) is 2. The second-order valence-electron chi connectivity index (χ2n) is 6.17. The van der Waals surface area contributed by atoms with Gasteiger partial charge in [0.1, 0.15) is 11.5 Å². The SMILES string of the molecule is CCC(NC(=O)Nc1cnn(-c2ccccc2F)c1C)C1CCCO1. The van der Waals surface area contributed by atoms with Crippen molar-refractivity contribution in [3.63, 3.8) is 0 Å². The first-order valence-electron chi connectivity index (χ1n) is 8.58. The molecule has 2 atom stereocenters. The number of anilines is 1. The summed E-state index contributed by atoms with van der Waals surface area (Å²) >= 11 is 0. The fraction of sp³-hybridized carbons (Fsp3) is 0.444. The summed E-state index contributed by atoms with van der Waals surface area (Å²) < 4.78 is 21.1. The summed E-state index contributed by atoms with van der Waals surface area (Å²) in [6.07, 6.45) is 4.38. The quantitative estimate of drug-likeness (QED) is 0.872. The normalized spacial score (nSPS) is 18.1. The van der Waals surface area contributed by atoms with Gasteiger partial charge in [-0.25, -0.2) is 13.9 Å². The number of halogens is 1. The van der Waals surface area contributed by atoms with Crippen LogP contribution < -0.4 is 10.6 Å². The number of amides is 2. The average Bonchev–Trinajstić information content (AvgIpc) is 3.25. The van der Waals surface area contributed by atoms with Crippen LogP contribution in [0.5, 0.6) is 0 Å². The largest absolute Gasteiger partial charge is 0.376 e. The van der Waals surface area contributed by atoms with Gasteiger partial charge in [-0.3, -0.25) is 0 Å². The van der Waals surface area contributed by atoms with Gasteiger partial charge in [0.25, 0.3) is 0 Å². The molecule has 2 N–H and O–H groups in total. The highest BCUT2D eigenvalue weighted by molar-refractivity contribution is 5.90. The monoisotopic (exact) mass is 346 g/mol. The first-order chi connectivity index (χ1) is 12.1. The molecule has 6 nitrogen and oxygen atoms in total. The van der Waals surface area contributed by atoms with Crippen LogP contribution >= 0.6 is 0 Å². The van der Waals surface area contributed by atoms with Crippen LogP contribution in [0.15, 0.2) is 30.5 Å². The van der Waals surface area contributed by atoms with Gasteiger partial charge in [-0.05, 0) is 38.3 Å². The average molecular weight is 346 g/mol. The van der Waals surface area contributed by atoms with Crippen LogP contribution in [0.4, 0.5) is 14.9 Å². The van der Waals surface area contributed by atoms with E-state index in [9.17, 15) is 9.18 Å². The Labute approximate surface area is 146 Å². The van der Waals surface area contributed by atoms with Crippen LogP contribution in [-0.4, -0.2) is 34.6 Å². The minimum absolute atomic E-state index is 0.0237. The maximum atomic E-state index is 13.9. The van der Waals surface area contributed by atoms with Crippen molar-refractivity contribution in [2.45, 2.75) is 45.3 Å². The lowest BCUT2D eigenvalue weighted by molar-refractivity contribution is 0.0804. The third-order valence-electron chi connectivity index (χ3n) is 4.51. The highest BCUT2D eigenvalue weighted by atomic mass is 19.1. The van der Waals surface area contributed by atoms with E-state index in [2.05, 4.69) is 15.7 Å². The molecule has 2 aromatic rings. The van der Waals surface area contributed by atoms with Gasteiger partial charge in [0, 0.05) is 6.61 Å². The zero-order valence-electron chi connectivity index (χ0n) is 14.5. The summed E-state index contributed by atoms with van der Waals surface area (Å²) in [5, 5.41) is 9.94. The summed E-state index contributed by atoms with van der Waals surface area (Å²) in [6, 6.07) is 6.06. The van der Waals surface area contributed by atoms with Gasteiger partial charge in [0.2, 0.25) is 0 Å². The molecular weight excluding hydrogens is 323 g/mol. The molecule has 3 rings (SSSR count). The molecule has 1 saturated heterocycles. The van der Waals surface area contributed by atoms with E-state index in [4.69, 9.17) is 4.74 Å². The summed E-state index contributed by atoms with van der Waals surface area (Å²) in [4.78, 5) is 12.3. The number of benzene rings is 1. The zero-order chi connectivity index (χ0) is 17.8. The van der Waals surface area contributed by atoms with Crippen LogP contribution in [0, 0.1) is 12.7 Å². The molecule has 1 fully saturated rings. The highest BCUT2D eigenvalue weighted by Crippen LogP contribution is 2.21. The number of nitrogens with zero attached hydrogens (tertiary/aromatic N) is 2. The number of carbonyl (C=O) groups is 1. The van der Waals surface area contributed by atoms with E-state index in [0.717, 1.165) is 25.9 Å². The van der Waals surface area contributed by atoms with Gasteiger partial charge < -0.3 is 15.4 Å². The number of para-hydroxylation sites is 1. The maximum absolute atomic E-state index is 13.9. The first kappa shape index (κ1) is 17.4. The molecule has 134 valence electrons. The number of nitrogens with one attached hydrogen (secondary N) is 2. The molecule has 1 aliphatic heterocycles. The van der Waals surface area contributed by atoms with Crippen molar-refractivity contribution in [1.29, 1.82) is 0 Å². The summed E-state index contributed by atoms with van der Waals surface area (Å²) in [7, 11) is 0. The molecule has 2 unspecified atom stereocenters. The molecule has 0 saturated carbocycles. The van der Waals surface area contributed by atoms with E-state index >= 15 is 0 Å². The second kappa shape index (κ2) is 7.65. The number of urea groups is 1. The molecule has 0 radical (unpaired) electrons. The standard InChI is InChI=1S/C18H23FN4O2/c1-3-14(17-9-6-10-25-17)21-18(24)22-15-11-20-23(12(15)2)16-8-5-4-7-13(16)19/h4-5,7-8,11,14,17H,3,6,9-10H2,1-2H3,(H2,21,22,24). The van der Waals surface area contributed by atoms with Crippen LogP contribution in [0.3, 0.4) is 0 Å². The summed E-state index contributed by atoms with van der Waals surface area (Å²) in [5.41, 5.74) is 1.55. The molecule has 1 aliphatic rings. The minimum Gasteiger partial charge on any atom is -0.376 e. The molecule has 25 heavy (non-hydrogen) atoms. The smallest absolute Gasteiger partial charge is 0.319 e. The Morgan fingerprint density at radius 2 is 2.28 bits per heavy atom. The van der Waals surface area contributed by atoms with Gasteiger partial charge in [0.15, 0.2) is 0 Å². The molecule has 0 spiro atoms. The molecule has 7 heteroatoms. The molecule has 0 bridgehead atoms. The molecule has 2 amide bonds. The van der Waals surface area contributed by atoms with Crippen molar-refractivity contribution in [2.75, 3.05) is 11.9 Å². The highest BCUT2D eigenvalue weighted by Gasteiger charge is 2.26. The van der Waals surface area contributed by atoms with Gasteiger partial charge in [-0.2, -0.15) is 5.10 Å².